The second kappa shape index (κ2) is 13.1. The monoisotopic (exact) mass is 248 g/mol. The smallest absolute Gasteiger partial charge is 0.320 e. The summed E-state index contributed by atoms with van der Waals surface area (Å²) in [4.78, 5) is 0. The third-order valence-corrected chi connectivity index (χ3v) is 4.56. The highest BCUT2D eigenvalue weighted by Crippen LogP contribution is 1.99. The Bertz CT molecular complexity index is 135. The van der Waals surface area contributed by atoms with Crippen LogP contribution in [0.2, 0.25) is 6.04 Å². The Hall–Kier alpha value is 0.0569. The fourth-order valence-corrected chi connectivity index (χ4v) is 2.80. The molecule has 0 bridgehead atoms. The van der Waals surface area contributed by atoms with Gasteiger partial charge in [0.25, 0.3) is 0 Å². The molecule has 0 heterocycles. The maximum absolute atomic E-state index is 5.43. The van der Waals surface area contributed by atoms with E-state index in [0.29, 0.717) is 0 Å². The number of hydrogen-bond acceptors (Lipinski definition) is 4. The summed E-state index contributed by atoms with van der Waals surface area (Å²) in [7, 11) is 2.16. The standard InChI is InChI=1S/C11H28N2O2Si/c1-14-16(15-2)11-7-10-13-9-6-4-3-5-8-12/h13,16H,3-12H2,1-2H3. The van der Waals surface area contributed by atoms with Crippen LogP contribution in [0.3, 0.4) is 0 Å². The Morgan fingerprint density at radius 3 is 2.19 bits per heavy atom. The molecule has 16 heavy (non-hydrogen) atoms. The Morgan fingerprint density at radius 1 is 0.938 bits per heavy atom. The summed E-state index contributed by atoms with van der Waals surface area (Å²) < 4.78 is 10.5. The van der Waals surface area contributed by atoms with Gasteiger partial charge in [0.05, 0.1) is 0 Å². The lowest BCUT2D eigenvalue weighted by Gasteiger charge is -2.10. The van der Waals surface area contributed by atoms with Gasteiger partial charge in [-0.25, -0.2) is 0 Å². The molecule has 0 unspecified atom stereocenters. The second-order valence-electron chi connectivity index (χ2n) is 4.00. The van der Waals surface area contributed by atoms with Crippen LogP contribution in [0.5, 0.6) is 0 Å². The van der Waals surface area contributed by atoms with Crippen molar-refractivity contribution in [2.45, 2.75) is 38.1 Å². The van der Waals surface area contributed by atoms with Gasteiger partial charge in [-0.2, -0.15) is 0 Å². The molecular weight excluding hydrogens is 220 g/mol. The summed E-state index contributed by atoms with van der Waals surface area (Å²) in [5, 5.41) is 3.45. The predicted octanol–water partition coefficient (Wildman–Crippen LogP) is 0.999. The molecule has 0 amide bonds. The number of unbranched alkanes of at least 4 members (excludes halogenated alkanes) is 3. The molecule has 5 heteroatoms. The number of hydrogen-bond donors (Lipinski definition) is 2. The van der Waals surface area contributed by atoms with Crippen LogP contribution >= 0.6 is 0 Å². The highest BCUT2D eigenvalue weighted by molar-refractivity contribution is 6.44. The van der Waals surface area contributed by atoms with Gasteiger partial charge in [-0.15, -0.1) is 0 Å². The van der Waals surface area contributed by atoms with Gasteiger partial charge in [0.15, 0.2) is 0 Å². The molecule has 0 aromatic carbocycles. The zero-order chi connectivity index (χ0) is 12.1. The minimum atomic E-state index is -1.32. The van der Waals surface area contributed by atoms with Crippen LogP contribution < -0.4 is 11.1 Å². The van der Waals surface area contributed by atoms with Gasteiger partial charge < -0.3 is 19.9 Å². The average Bonchev–Trinajstić information content (AvgIpc) is 2.32. The molecule has 0 aliphatic rings. The fourth-order valence-electron chi connectivity index (χ4n) is 1.60. The first-order chi connectivity index (χ1) is 7.85. The molecule has 0 aromatic heterocycles. The topological polar surface area (TPSA) is 56.5 Å². The molecule has 0 radical (unpaired) electrons. The molecule has 0 aliphatic heterocycles. The molecule has 0 fully saturated rings. The van der Waals surface area contributed by atoms with Crippen molar-refractivity contribution in [2.24, 2.45) is 5.73 Å². The average molecular weight is 248 g/mol. The summed E-state index contributed by atoms with van der Waals surface area (Å²) >= 11 is 0. The molecule has 0 spiro atoms. The molecular formula is C11H28N2O2Si. The van der Waals surface area contributed by atoms with Crippen LogP contribution in [0.15, 0.2) is 0 Å². The van der Waals surface area contributed by atoms with Crippen LogP contribution in [0.1, 0.15) is 32.1 Å². The van der Waals surface area contributed by atoms with Crippen LogP contribution in [0.4, 0.5) is 0 Å². The van der Waals surface area contributed by atoms with Crippen molar-refractivity contribution in [1.82, 2.24) is 5.32 Å². The van der Waals surface area contributed by atoms with E-state index in [0.717, 1.165) is 38.5 Å². The SMILES string of the molecule is CO[SiH](CCCNCCCCCCN)OC. The maximum Gasteiger partial charge on any atom is 0.320 e. The third-order valence-electron chi connectivity index (χ3n) is 2.63. The van der Waals surface area contributed by atoms with Crippen LogP contribution in [-0.2, 0) is 8.85 Å². The Balaban J connectivity index is 3.03. The van der Waals surface area contributed by atoms with E-state index in [9.17, 15) is 0 Å². The van der Waals surface area contributed by atoms with E-state index < -0.39 is 9.28 Å². The lowest BCUT2D eigenvalue weighted by atomic mass is 10.2. The number of nitrogens with one attached hydrogen (secondary N) is 1. The second-order valence-corrected chi connectivity index (χ2v) is 6.38. The summed E-state index contributed by atoms with van der Waals surface area (Å²) in [6.07, 6.45) is 6.13. The minimum absolute atomic E-state index is 0.827. The molecule has 0 saturated carbocycles. The van der Waals surface area contributed by atoms with Crippen molar-refractivity contribution in [3.8, 4) is 0 Å². The zero-order valence-corrected chi connectivity index (χ0v) is 12.0. The lowest BCUT2D eigenvalue weighted by molar-refractivity contribution is 0.276. The summed E-state index contributed by atoms with van der Waals surface area (Å²) in [5.41, 5.74) is 5.43. The summed E-state index contributed by atoms with van der Waals surface area (Å²) in [5.74, 6) is 0. The normalized spacial score (nSPS) is 11.2. The first-order valence-electron chi connectivity index (χ1n) is 6.31. The molecule has 0 atom stereocenters. The number of nitrogens with two attached hydrogens (primary N) is 1. The van der Waals surface area contributed by atoms with E-state index in [1.807, 2.05) is 0 Å². The molecule has 0 aliphatic carbocycles. The van der Waals surface area contributed by atoms with Crippen molar-refractivity contribution in [2.75, 3.05) is 33.9 Å². The van der Waals surface area contributed by atoms with E-state index in [1.165, 1.54) is 19.3 Å². The van der Waals surface area contributed by atoms with Gasteiger partial charge in [-0.05, 0) is 44.9 Å². The van der Waals surface area contributed by atoms with E-state index >= 15 is 0 Å². The van der Waals surface area contributed by atoms with Crippen LogP contribution in [-0.4, -0.2) is 43.1 Å². The zero-order valence-electron chi connectivity index (χ0n) is 10.8. The Morgan fingerprint density at radius 2 is 1.56 bits per heavy atom. The van der Waals surface area contributed by atoms with E-state index in [1.54, 1.807) is 14.2 Å². The van der Waals surface area contributed by atoms with Crippen molar-refractivity contribution in [3.63, 3.8) is 0 Å². The van der Waals surface area contributed by atoms with Crippen molar-refractivity contribution >= 4 is 9.28 Å². The maximum atomic E-state index is 5.43. The summed E-state index contributed by atoms with van der Waals surface area (Å²) in [6.45, 7) is 3.03. The van der Waals surface area contributed by atoms with Crippen LogP contribution in [0.25, 0.3) is 0 Å². The Labute approximate surface area is 102 Å². The predicted molar refractivity (Wildman–Crippen MR) is 71.0 cm³/mol. The van der Waals surface area contributed by atoms with Crippen molar-refractivity contribution in [1.29, 1.82) is 0 Å². The minimum Gasteiger partial charge on any atom is -0.400 e. The largest absolute Gasteiger partial charge is 0.400 e. The van der Waals surface area contributed by atoms with Crippen molar-refractivity contribution < 1.29 is 8.85 Å². The van der Waals surface area contributed by atoms with Gasteiger partial charge >= 0.3 is 9.28 Å². The molecule has 0 rings (SSSR count). The quantitative estimate of drug-likeness (QED) is 0.400. The van der Waals surface area contributed by atoms with Crippen LogP contribution in [0, 0.1) is 0 Å². The number of rotatable bonds is 12. The Kier molecular flexibility index (Phi) is 13.2. The highest BCUT2D eigenvalue weighted by Gasteiger charge is 2.07. The third kappa shape index (κ3) is 10.6. The van der Waals surface area contributed by atoms with Gasteiger partial charge in [0.2, 0.25) is 0 Å². The van der Waals surface area contributed by atoms with Crippen molar-refractivity contribution in [3.05, 3.63) is 0 Å². The molecule has 0 aromatic rings. The van der Waals surface area contributed by atoms with E-state index in [-0.39, 0.29) is 0 Å². The first-order valence-corrected chi connectivity index (χ1v) is 8.07. The molecule has 0 saturated heterocycles. The fraction of sp³-hybridized carbons (Fsp3) is 1.00. The summed E-state index contributed by atoms with van der Waals surface area (Å²) in [6, 6.07) is 1.09. The molecule has 4 nitrogen and oxygen atoms in total. The van der Waals surface area contributed by atoms with E-state index in [4.69, 9.17) is 14.6 Å². The van der Waals surface area contributed by atoms with Gasteiger partial charge in [-0.3, -0.25) is 0 Å². The van der Waals surface area contributed by atoms with Gasteiger partial charge in [0, 0.05) is 14.2 Å². The van der Waals surface area contributed by atoms with E-state index in [2.05, 4.69) is 5.32 Å². The van der Waals surface area contributed by atoms with Gasteiger partial charge in [-0.1, -0.05) is 12.8 Å². The highest BCUT2D eigenvalue weighted by atomic mass is 28.3. The molecule has 98 valence electrons. The molecule has 3 N–H and O–H groups in total. The first kappa shape index (κ1) is 16.1. The lowest BCUT2D eigenvalue weighted by Crippen LogP contribution is -2.22. The van der Waals surface area contributed by atoms with Gasteiger partial charge in [0.1, 0.15) is 0 Å².